The van der Waals surface area contributed by atoms with Crippen molar-refractivity contribution in [2.24, 2.45) is 5.92 Å². The molecule has 5 heteroatoms. The minimum Gasteiger partial charge on any atom is -0.497 e. The van der Waals surface area contributed by atoms with Crippen molar-refractivity contribution in [3.8, 4) is 17.1 Å². The van der Waals surface area contributed by atoms with E-state index in [1.54, 1.807) is 13.3 Å². The van der Waals surface area contributed by atoms with Crippen molar-refractivity contribution in [2.75, 3.05) is 20.2 Å². The smallest absolute Gasteiger partial charge is 0.209 e. The van der Waals surface area contributed by atoms with Crippen LogP contribution in [0.4, 0.5) is 0 Å². The minimum atomic E-state index is -0.246. The first-order chi connectivity index (χ1) is 10.7. The zero-order chi connectivity index (χ0) is 15.5. The van der Waals surface area contributed by atoms with Gasteiger partial charge in [0, 0.05) is 12.1 Å². The maximum absolute atomic E-state index is 9.66. The van der Waals surface area contributed by atoms with E-state index in [0.29, 0.717) is 12.5 Å². The van der Waals surface area contributed by atoms with Gasteiger partial charge in [-0.2, -0.15) is 0 Å². The van der Waals surface area contributed by atoms with Gasteiger partial charge in [0.15, 0.2) is 5.76 Å². The van der Waals surface area contributed by atoms with Crippen LogP contribution < -0.4 is 4.74 Å². The second-order valence-corrected chi connectivity index (χ2v) is 5.87. The number of benzene rings is 1. The van der Waals surface area contributed by atoms with Crippen LogP contribution in [0.3, 0.4) is 0 Å². The molecule has 0 radical (unpaired) electrons. The van der Waals surface area contributed by atoms with Gasteiger partial charge in [-0.3, -0.25) is 4.90 Å². The van der Waals surface area contributed by atoms with Crippen LogP contribution in [-0.2, 0) is 6.54 Å². The number of aromatic nitrogens is 1. The van der Waals surface area contributed by atoms with E-state index >= 15 is 0 Å². The molecule has 0 spiro atoms. The van der Waals surface area contributed by atoms with Gasteiger partial charge in [-0.1, -0.05) is 0 Å². The molecule has 118 valence electrons. The molecule has 0 amide bonds. The number of likely N-dealkylation sites (tertiary alicyclic amines) is 1. The minimum absolute atomic E-state index is 0.246. The Labute approximate surface area is 130 Å². The summed E-state index contributed by atoms with van der Waals surface area (Å²) in [6, 6.07) is 7.74. The maximum Gasteiger partial charge on any atom is 0.209 e. The van der Waals surface area contributed by atoms with Crippen molar-refractivity contribution in [2.45, 2.75) is 26.0 Å². The standard InChI is InChI=1S/C17H22N2O3/c1-12(20)14-7-8-19(10-14)11-17-18-9-16(22-17)13-3-5-15(21-2)6-4-13/h3-6,9,12,14,20H,7-8,10-11H2,1-2H3. The highest BCUT2D eigenvalue weighted by atomic mass is 16.5. The zero-order valence-corrected chi connectivity index (χ0v) is 13.0. The van der Waals surface area contributed by atoms with Gasteiger partial charge in [0.2, 0.25) is 5.89 Å². The van der Waals surface area contributed by atoms with E-state index in [2.05, 4.69) is 9.88 Å². The third kappa shape index (κ3) is 3.31. The number of nitrogens with zero attached hydrogens (tertiary/aromatic N) is 2. The summed E-state index contributed by atoms with van der Waals surface area (Å²) in [6.45, 7) is 4.44. The van der Waals surface area contributed by atoms with E-state index in [4.69, 9.17) is 9.15 Å². The second kappa shape index (κ2) is 6.50. The van der Waals surface area contributed by atoms with Crippen LogP contribution >= 0.6 is 0 Å². The Morgan fingerprint density at radius 1 is 1.41 bits per heavy atom. The molecule has 5 nitrogen and oxygen atoms in total. The van der Waals surface area contributed by atoms with Gasteiger partial charge in [-0.25, -0.2) is 4.98 Å². The van der Waals surface area contributed by atoms with Crippen molar-refractivity contribution in [1.82, 2.24) is 9.88 Å². The number of hydrogen-bond acceptors (Lipinski definition) is 5. The third-order valence-electron chi connectivity index (χ3n) is 4.28. The highest BCUT2D eigenvalue weighted by Gasteiger charge is 2.26. The first kappa shape index (κ1) is 15.1. The first-order valence-electron chi connectivity index (χ1n) is 7.65. The van der Waals surface area contributed by atoms with Gasteiger partial charge >= 0.3 is 0 Å². The van der Waals surface area contributed by atoms with Crippen molar-refractivity contribution in [3.05, 3.63) is 36.4 Å². The fourth-order valence-corrected chi connectivity index (χ4v) is 2.86. The van der Waals surface area contributed by atoms with Crippen LogP contribution in [0.2, 0.25) is 0 Å². The highest BCUT2D eigenvalue weighted by Crippen LogP contribution is 2.25. The SMILES string of the molecule is COc1ccc(-c2cnc(CN3CCC(C(C)O)C3)o2)cc1. The molecule has 2 heterocycles. The van der Waals surface area contributed by atoms with E-state index in [0.717, 1.165) is 42.5 Å². The van der Waals surface area contributed by atoms with Crippen LogP contribution in [0, 0.1) is 5.92 Å². The molecule has 3 rings (SSSR count). The number of rotatable bonds is 5. The molecule has 1 aromatic heterocycles. The summed E-state index contributed by atoms with van der Waals surface area (Å²) in [4.78, 5) is 6.65. The second-order valence-electron chi connectivity index (χ2n) is 5.87. The summed E-state index contributed by atoms with van der Waals surface area (Å²) < 4.78 is 11.0. The molecule has 1 saturated heterocycles. The predicted molar refractivity (Wildman–Crippen MR) is 83.6 cm³/mol. The van der Waals surface area contributed by atoms with Gasteiger partial charge in [0.05, 0.1) is 26.0 Å². The summed E-state index contributed by atoms with van der Waals surface area (Å²) in [5, 5.41) is 9.66. The Morgan fingerprint density at radius 2 is 2.18 bits per heavy atom. The molecule has 2 aromatic rings. The average Bonchev–Trinajstić information content (AvgIpc) is 3.17. The fraction of sp³-hybridized carbons (Fsp3) is 0.471. The molecule has 1 fully saturated rings. The highest BCUT2D eigenvalue weighted by molar-refractivity contribution is 5.57. The molecule has 2 unspecified atom stereocenters. The average molecular weight is 302 g/mol. The quantitative estimate of drug-likeness (QED) is 0.920. The molecule has 1 N–H and O–H groups in total. The largest absolute Gasteiger partial charge is 0.497 e. The Kier molecular flexibility index (Phi) is 4.45. The summed E-state index contributed by atoms with van der Waals surface area (Å²) in [5.74, 6) is 2.67. The van der Waals surface area contributed by atoms with E-state index in [1.165, 1.54) is 0 Å². The van der Waals surface area contributed by atoms with Crippen molar-refractivity contribution >= 4 is 0 Å². The summed E-state index contributed by atoms with van der Waals surface area (Å²) in [6.07, 6.45) is 2.55. The molecule has 1 aliphatic rings. The first-order valence-corrected chi connectivity index (χ1v) is 7.65. The van der Waals surface area contributed by atoms with Crippen LogP contribution in [0.1, 0.15) is 19.2 Å². The summed E-state index contributed by atoms with van der Waals surface area (Å²) in [5.41, 5.74) is 0.989. The lowest BCUT2D eigenvalue weighted by Gasteiger charge is -2.15. The lowest BCUT2D eigenvalue weighted by molar-refractivity contribution is 0.126. The topological polar surface area (TPSA) is 58.7 Å². The molecule has 1 aromatic carbocycles. The number of ether oxygens (including phenoxy) is 1. The lowest BCUT2D eigenvalue weighted by Crippen LogP contribution is -2.24. The van der Waals surface area contributed by atoms with Gasteiger partial charge in [-0.15, -0.1) is 0 Å². The Bertz CT molecular complexity index is 607. The fourth-order valence-electron chi connectivity index (χ4n) is 2.86. The van der Waals surface area contributed by atoms with Crippen LogP contribution in [0.25, 0.3) is 11.3 Å². The number of aliphatic hydroxyl groups is 1. The molecular weight excluding hydrogens is 280 g/mol. The van der Waals surface area contributed by atoms with Gasteiger partial charge in [-0.05, 0) is 50.1 Å². The van der Waals surface area contributed by atoms with Crippen molar-refractivity contribution < 1.29 is 14.3 Å². The van der Waals surface area contributed by atoms with Crippen molar-refractivity contribution in [3.63, 3.8) is 0 Å². The van der Waals surface area contributed by atoms with E-state index in [1.807, 2.05) is 31.2 Å². The molecule has 0 saturated carbocycles. The zero-order valence-electron chi connectivity index (χ0n) is 13.0. The molecular formula is C17H22N2O3. The van der Waals surface area contributed by atoms with Gasteiger partial charge in [0.1, 0.15) is 5.75 Å². The molecule has 0 aliphatic carbocycles. The monoisotopic (exact) mass is 302 g/mol. The lowest BCUT2D eigenvalue weighted by atomic mass is 10.0. The number of oxazole rings is 1. The Balaban J connectivity index is 1.64. The van der Waals surface area contributed by atoms with Crippen LogP contribution in [0.5, 0.6) is 5.75 Å². The molecule has 1 aliphatic heterocycles. The summed E-state index contributed by atoms with van der Waals surface area (Å²) in [7, 11) is 1.65. The molecule has 2 atom stereocenters. The third-order valence-corrected chi connectivity index (χ3v) is 4.28. The Morgan fingerprint density at radius 3 is 2.82 bits per heavy atom. The van der Waals surface area contributed by atoms with E-state index in [-0.39, 0.29) is 6.10 Å². The van der Waals surface area contributed by atoms with Crippen molar-refractivity contribution in [1.29, 1.82) is 0 Å². The molecule has 0 bridgehead atoms. The normalized spacial score (nSPS) is 20.2. The number of hydrogen-bond donors (Lipinski definition) is 1. The Hall–Kier alpha value is -1.85. The number of aliphatic hydroxyl groups excluding tert-OH is 1. The molecule has 22 heavy (non-hydrogen) atoms. The maximum atomic E-state index is 9.66. The van der Waals surface area contributed by atoms with E-state index < -0.39 is 0 Å². The summed E-state index contributed by atoms with van der Waals surface area (Å²) >= 11 is 0. The predicted octanol–water partition coefficient (Wildman–Crippen LogP) is 2.55. The van der Waals surface area contributed by atoms with Gasteiger partial charge < -0.3 is 14.3 Å². The number of methoxy groups -OCH3 is 1. The van der Waals surface area contributed by atoms with Crippen LogP contribution in [0.15, 0.2) is 34.9 Å². The van der Waals surface area contributed by atoms with Crippen LogP contribution in [-0.4, -0.2) is 41.3 Å². The van der Waals surface area contributed by atoms with Gasteiger partial charge in [0.25, 0.3) is 0 Å². The van der Waals surface area contributed by atoms with E-state index in [9.17, 15) is 5.11 Å².